The van der Waals surface area contributed by atoms with Crippen LogP contribution in [0.1, 0.15) is 43.5 Å². The summed E-state index contributed by atoms with van der Waals surface area (Å²) in [4.78, 5) is 41.0. The van der Waals surface area contributed by atoms with Crippen molar-refractivity contribution in [2.75, 3.05) is 38.1 Å². The summed E-state index contributed by atoms with van der Waals surface area (Å²) in [7, 11) is 0. The van der Waals surface area contributed by atoms with E-state index >= 15 is 0 Å². The van der Waals surface area contributed by atoms with E-state index in [9.17, 15) is 14.4 Å². The van der Waals surface area contributed by atoms with Gasteiger partial charge in [0.05, 0.1) is 18.0 Å². The van der Waals surface area contributed by atoms with Gasteiger partial charge in [-0.3, -0.25) is 14.3 Å². The quantitative estimate of drug-likeness (QED) is 0.726. The van der Waals surface area contributed by atoms with Crippen molar-refractivity contribution in [3.8, 4) is 0 Å². The van der Waals surface area contributed by atoms with Crippen LogP contribution in [0.15, 0.2) is 36.5 Å². The summed E-state index contributed by atoms with van der Waals surface area (Å²) >= 11 is 0. The molecule has 1 aromatic carbocycles. The third-order valence-corrected chi connectivity index (χ3v) is 6.40. The van der Waals surface area contributed by atoms with Crippen LogP contribution < -0.4 is 5.32 Å². The fourth-order valence-corrected chi connectivity index (χ4v) is 4.28. The Balaban J connectivity index is 1.33. The van der Waals surface area contributed by atoms with Crippen LogP contribution in [0.5, 0.6) is 0 Å². The number of benzene rings is 1. The lowest BCUT2D eigenvalue weighted by atomic mass is 10.1. The number of piperazine rings is 1. The van der Waals surface area contributed by atoms with E-state index in [0.29, 0.717) is 44.2 Å². The zero-order valence-corrected chi connectivity index (χ0v) is 19.4. The number of ether oxygens (including phenoxy) is 1. The number of nitrogens with one attached hydrogen (secondary N) is 1. The number of amides is 3. The molecule has 176 valence electrons. The highest BCUT2D eigenvalue weighted by Crippen LogP contribution is 2.47. The molecule has 1 saturated heterocycles. The van der Waals surface area contributed by atoms with Crippen molar-refractivity contribution < 1.29 is 19.1 Å². The molecule has 3 atom stereocenters. The van der Waals surface area contributed by atoms with E-state index in [2.05, 4.69) is 22.5 Å². The monoisotopic (exact) mass is 453 g/mol. The number of anilines is 1. The minimum absolute atomic E-state index is 0.0134. The molecule has 2 aromatic rings. The van der Waals surface area contributed by atoms with Crippen molar-refractivity contribution in [3.63, 3.8) is 0 Å². The fraction of sp³-hybridized carbons (Fsp3) is 0.500. The lowest BCUT2D eigenvalue weighted by Crippen LogP contribution is -2.52. The molecule has 9 heteroatoms. The van der Waals surface area contributed by atoms with Crippen molar-refractivity contribution in [1.29, 1.82) is 0 Å². The zero-order chi connectivity index (χ0) is 23.5. The van der Waals surface area contributed by atoms with Crippen LogP contribution in [0.25, 0.3) is 0 Å². The van der Waals surface area contributed by atoms with Gasteiger partial charge >= 0.3 is 6.09 Å². The number of nitrogens with zero attached hydrogens (tertiary/aromatic N) is 4. The first-order valence-electron chi connectivity index (χ1n) is 11.5. The minimum Gasteiger partial charge on any atom is -0.450 e. The number of aryl methyl sites for hydroxylation is 1. The maximum Gasteiger partial charge on any atom is 0.409 e. The molecule has 1 saturated carbocycles. The Bertz CT molecular complexity index is 1010. The first kappa shape index (κ1) is 22.8. The van der Waals surface area contributed by atoms with Gasteiger partial charge in [-0.2, -0.15) is 5.10 Å². The Morgan fingerprint density at radius 2 is 1.79 bits per heavy atom. The van der Waals surface area contributed by atoms with Gasteiger partial charge in [-0.1, -0.05) is 30.3 Å². The van der Waals surface area contributed by atoms with E-state index < -0.39 is 6.04 Å². The first-order valence-corrected chi connectivity index (χ1v) is 11.5. The highest BCUT2D eigenvalue weighted by Gasteiger charge is 2.44. The highest BCUT2D eigenvalue weighted by molar-refractivity contribution is 5.95. The normalized spacial score (nSPS) is 20.8. The van der Waals surface area contributed by atoms with Crippen LogP contribution in [-0.4, -0.2) is 70.3 Å². The molecule has 0 spiro atoms. The molecular weight excluding hydrogens is 422 g/mol. The maximum atomic E-state index is 13.0. The van der Waals surface area contributed by atoms with Crippen LogP contribution in [0.4, 0.5) is 10.5 Å². The molecule has 4 rings (SSSR count). The summed E-state index contributed by atoms with van der Waals surface area (Å²) in [6, 6.07) is 9.56. The van der Waals surface area contributed by atoms with Crippen molar-refractivity contribution in [1.82, 2.24) is 19.6 Å². The van der Waals surface area contributed by atoms with Crippen LogP contribution in [0, 0.1) is 12.8 Å². The standard InChI is InChI=1S/C24H31N5O4/c1-4-33-24(32)28-12-10-27(11-13-28)23(31)17(3)29-15-21(16(2)26-29)25-22(30)20-14-19(20)18-8-6-5-7-9-18/h5-9,15,17,19-20H,4,10-14H2,1-3H3,(H,25,30). The Morgan fingerprint density at radius 1 is 1.12 bits per heavy atom. The molecule has 2 fully saturated rings. The molecule has 3 amide bonds. The van der Waals surface area contributed by atoms with E-state index in [1.807, 2.05) is 25.1 Å². The Labute approximate surface area is 193 Å². The lowest BCUT2D eigenvalue weighted by molar-refractivity contribution is -0.136. The van der Waals surface area contributed by atoms with Gasteiger partial charge in [0, 0.05) is 38.3 Å². The maximum absolute atomic E-state index is 13.0. The van der Waals surface area contributed by atoms with Crippen LogP contribution >= 0.6 is 0 Å². The minimum atomic E-state index is -0.513. The highest BCUT2D eigenvalue weighted by atomic mass is 16.6. The third-order valence-electron chi connectivity index (χ3n) is 6.40. The number of carbonyl (C=O) groups excluding carboxylic acids is 3. The largest absolute Gasteiger partial charge is 0.450 e. The summed E-state index contributed by atoms with van der Waals surface area (Å²) < 4.78 is 6.63. The van der Waals surface area contributed by atoms with Gasteiger partial charge in [-0.25, -0.2) is 4.79 Å². The van der Waals surface area contributed by atoms with E-state index in [1.54, 1.807) is 34.5 Å². The molecule has 1 aromatic heterocycles. The number of aromatic nitrogens is 2. The number of hydrogen-bond donors (Lipinski definition) is 1. The van der Waals surface area contributed by atoms with Crippen molar-refractivity contribution in [3.05, 3.63) is 47.8 Å². The second-order valence-corrected chi connectivity index (χ2v) is 8.64. The van der Waals surface area contributed by atoms with Crippen LogP contribution in [-0.2, 0) is 14.3 Å². The Kier molecular flexibility index (Phi) is 6.67. The van der Waals surface area contributed by atoms with Gasteiger partial charge in [0.1, 0.15) is 6.04 Å². The summed E-state index contributed by atoms with van der Waals surface area (Å²) in [6.45, 7) is 7.52. The van der Waals surface area contributed by atoms with Gasteiger partial charge in [0.15, 0.2) is 0 Å². The van der Waals surface area contributed by atoms with Gasteiger partial charge in [0.25, 0.3) is 0 Å². The summed E-state index contributed by atoms with van der Waals surface area (Å²) in [5.74, 6) is 0.144. The topological polar surface area (TPSA) is 96.8 Å². The zero-order valence-electron chi connectivity index (χ0n) is 19.4. The van der Waals surface area contributed by atoms with Crippen LogP contribution in [0.2, 0.25) is 0 Å². The summed E-state index contributed by atoms with van der Waals surface area (Å²) in [5, 5.41) is 7.46. The molecule has 2 heterocycles. The van der Waals surface area contributed by atoms with E-state index in [0.717, 1.165) is 6.42 Å². The average molecular weight is 454 g/mol. The molecule has 2 aliphatic rings. The smallest absolute Gasteiger partial charge is 0.409 e. The molecule has 9 nitrogen and oxygen atoms in total. The predicted octanol–water partition coefficient (Wildman–Crippen LogP) is 2.80. The predicted molar refractivity (Wildman–Crippen MR) is 123 cm³/mol. The third kappa shape index (κ3) is 5.02. The molecule has 3 unspecified atom stereocenters. The molecule has 0 bridgehead atoms. The van der Waals surface area contributed by atoms with Crippen molar-refractivity contribution in [2.45, 2.75) is 39.2 Å². The second kappa shape index (κ2) is 9.64. The van der Waals surface area contributed by atoms with E-state index in [1.165, 1.54) is 5.56 Å². The number of carbonyl (C=O) groups is 3. The molecule has 1 N–H and O–H groups in total. The van der Waals surface area contributed by atoms with Crippen molar-refractivity contribution >= 4 is 23.6 Å². The number of hydrogen-bond acceptors (Lipinski definition) is 5. The van der Waals surface area contributed by atoms with Gasteiger partial charge < -0.3 is 19.9 Å². The second-order valence-electron chi connectivity index (χ2n) is 8.64. The van der Waals surface area contributed by atoms with E-state index in [-0.39, 0.29) is 29.7 Å². The molecular formula is C24H31N5O4. The average Bonchev–Trinajstić information content (AvgIpc) is 3.56. The van der Waals surface area contributed by atoms with Gasteiger partial charge in [-0.05, 0) is 38.7 Å². The molecule has 0 radical (unpaired) electrons. The number of rotatable bonds is 6. The van der Waals surface area contributed by atoms with E-state index in [4.69, 9.17) is 4.74 Å². The first-order chi connectivity index (χ1) is 15.9. The fourth-order valence-electron chi connectivity index (χ4n) is 4.28. The SMILES string of the molecule is CCOC(=O)N1CCN(C(=O)C(C)n2cc(NC(=O)C3CC3c3ccccc3)c(C)n2)CC1. The van der Waals surface area contributed by atoms with Gasteiger partial charge in [-0.15, -0.1) is 0 Å². The Morgan fingerprint density at radius 3 is 2.45 bits per heavy atom. The van der Waals surface area contributed by atoms with Crippen LogP contribution in [0.3, 0.4) is 0 Å². The van der Waals surface area contributed by atoms with Crippen molar-refractivity contribution in [2.24, 2.45) is 5.92 Å². The molecule has 33 heavy (non-hydrogen) atoms. The van der Waals surface area contributed by atoms with Gasteiger partial charge in [0.2, 0.25) is 11.8 Å². The molecule has 1 aliphatic carbocycles. The summed E-state index contributed by atoms with van der Waals surface area (Å²) in [5.41, 5.74) is 2.49. The Hall–Kier alpha value is -3.36. The lowest BCUT2D eigenvalue weighted by Gasteiger charge is -2.35. The summed E-state index contributed by atoms with van der Waals surface area (Å²) in [6.07, 6.45) is 2.23. The molecule has 1 aliphatic heterocycles.